The maximum atomic E-state index is 11.3. The zero-order chi connectivity index (χ0) is 11.5. The third kappa shape index (κ3) is 4.64. The Morgan fingerprint density at radius 1 is 1.53 bits per heavy atom. The molecule has 0 atom stereocenters. The quantitative estimate of drug-likeness (QED) is 0.638. The maximum absolute atomic E-state index is 11.3. The van der Waals surface area contributed by atoms with Crippen LogP contribution in [0.15, 0.2) is 0 Å². The molecule has 2 amide bonds. The molecule has 0 spiro atoms. The Hall–Kier alpha value is -1.30. The van der Waals surface area contributed by atoms with Gasteiger partial charge in [0.25, 0.3) is 0 Å². The van der Waals surface area contributed by atoms with Gasteiger partial charge in [0, 0.05) is 13.1 Å². The molecule has 15 heavy (non-hydrogen) atoms. The van der Waals surface area contributed by atoms with Crippen molar-refractivity contribution >= 4 is 12.0 Å². The van der Waals surface area contributed by atoms with Gasteiger partial charge in [0.2, 0.25) is 5.91 Å². The van der Waals surface area contributed by atoms with Gasteiger partial charge < -0.3 is 10.1 Å². The topological polar surface area (TPSA) is 70.7 Å². The minimum atomic E-state index is -0.530. The van der Waals surface area contributed by atoms with Crippen LogP contribution in [0.1, 0.15) is 20.8 Å². The van der Waals surface area contributed by atoms with Crippen molar-refractivity contribution in [2.45, 2.75) is 26.4 Å². The third-order valence-corrected chi connectivity index (χ3v) is 1.69. The zero-order valence-electron chi connectivity index (χ0n) is 9.29. The number of piperazine rings is 1. The molecular weight excluding hydrogens is 198 g/mol. The van der Waals surface area contributed by atoms with Crippen LogP contribution < -0.4 is 10.7 Å². The Labute approximate surface area is 88.9 Å². The van der Waals surface area contributed by atoms with E-state index in [0.29, 0.717) is 13.1 Å². The Bertz CT molecular complexity index is 260. The summed E-state index contributed by atoms with van der Waals surface area (Å²) in [6.45, 7) is 6.65. The molecule has 1 fully saturated rings. The van der Waals surface area contributed by atoms with E-state index in [2.05, 4.69) is 10.7 Å². The molecule has 6 heteroatoms. The summed E-state index contributed by atoms with van der Waals surface area (Å²) in [7, 11) is 0. The lowest BCUT2D eigenvalue weighted by Crippen LogP contribution is -2.55. The standard InChI is InChI=1S/C9H17N3O3/c1-9(2,3)15-8(14)11-12-5-4-10-7(13)6-12/h4-6H2,1-3H3,(H,10,13)(H,11,14). The van der Waals surface area contributed by atoms with Crippen molar-refractivity contribution in [3.05, 3.63) is 0 Å². The van der Waals surface area contributed by atoms with Crippen molar-refractivity contribution in [2.24, 2.45) is 0 Å². The Morgan fingerprint density at radius 2 is 2.20 bits per heavy atom. The second-order valence-corrected chi connectivity index (χ2v) is 4.39. The fourth-order valence-corrected chi connectivity index (χ4v) is 1.16. The van der Waals surface area contributed by atoms with Crippen LogP contribution in [0.2, 0.25) is 0 Å². The van der Waals surface area contributed by atoms with Gasteiger partial charge in [-0.2, -0.15) is 0 Å². The molecule has 0 aromatic rings. The van der Waals surface area contributed by atoms with Gasteiger partial charge in [-0.15, -0.1) is 0 Å². The number of hydrazine groups is 1. The highest BCUT2D eigenvalue weighted by Crippen LogP contribution is 2.06. The number of carbonyl (C=O) groups is 2. The van der Waals surface area contributed by atoms with Gasteiger partial charge >= 0.3 is 6.09 Å². The first-order chi connectivity index (χ1) is 6.87. The van der Waals surface area contributed by atoms with Crippen molar-refractivity contribution in [1.29, 1.82) is 0 Å². The van der Waals surface area contributed by atoms with Gasteiger partial charge in [-0.3, -0.25) is 10.2 Å². The number of ether oxygens (including phenoxy) is 1. The van der Waals surface area contributed by atoms with Crippen molar-refractivity contribution in [3.63, 3.8) is 0 Å². The Kier molecular flexibility index (Phi) is 3.52. The summed E-state index contributed by atoms with van der Waals surface area (Å²) in [6, 6.07) is 0. The normalized spacial score (nSPS) is 18.2. The molecule has 0 bridgehead atoms. The molecule has 1 saturated heterocycles. The van der Waals surface area contributed by atoms with E-state index in [1.54, 1.807) is 20.8 Å². The molecule has 0 aromatic carbocycles. The molecule has 0 aliphatic carbocycles. The van der Waals surface area contributed by atoms with E-state index in [4.69, 9.17) is 4.74 Å². The third-order valence-electron chi connectivity index (χ3n) is 1.69. The van der Waals surface area contributed by atoms with E-state index in [0.717, 1.165) is 0 Å². The second-order valence-electron chi connectivity index (χ2n) is 4.39. The van der Waals surface area contributed by atoms with E-state index in [9.17, 15) is 9.59 Å². The van der Waals surface area contributed by atoms with Gasteiger partial charge in [-0.25, -0.2) is 9.80 Å². The molecule has 86 valence electrons. The SMILES string of the molecule is CC(C)(C)OC(=O)NN1CCNC(=O)C1. The van der Waals surface area contributed by atoms with Crippen LogP contribution in [-0.4, -0.2) is 42.2 Å². The number of hydrogen-bond acceptors (Lipinski definition) is 4. The van der Waals surface area contributed by atoms with Crippen LogP contribution in [0.25, 0.3) is 0 Å². The lowest BCUT2D eigenvalue weighted by molar-refractivity contribution is -0.125. The summed E-state index contributed by atoms with van der Waals surface area (Å²) in [4.78, 5) is 22.3. The summed E-state index contributed by atoms with van der Waals surface area (Å²) >= 11 is 0. The van der Waals surface area contributed by atoms with E-state index >= 15 is 0 Å². The smallest absolute Gasteiger partial charge is 0.422 e. The Morgan fingerprint density at radius 3 is 2.73 bits per heavy atom. The molecule has 0 saturated carbocycles. The van der Waals surface area contributed by atoms with Gasteiger partial charge in [-0.1, -0.05) is 0 Å². The predicted molar refractivity (Wildman–Crippen MR) is 54.0 cm³/mol. The molecule has 0 unspecified atom stereocenters. The van der Waals surface area contributed by atoms with Crippen molar-refractivity contribution < 1.29 is 14.3 Å². The minimum absolute atomic E-state index is 0.0997. The maximum Gasteiger partial charge on any atom is 0.422 e. The van der Waals surface area contributed by atoms with Crippen LogP contribution in [0.3, 0.4) is 0 Å². The molecule has 1 heterocycles. The summed E-state index contributed by atoms with van der Waals surface area (Å²) in [5.74, 6) is -0.0997. The fourth-order valence-electron chi connectivity index (χ4n) is 1.16. The molecule has 6 nitrogen and oxygen atoms in total. The highest BCUT2D eigenvalue weighted by atomic mass is 16.6. The highest BCUT2D eigenvalue weighted by molar-refractivity contribution is 5.79. The van der Waals surface area contributed by atoms with Gasteiger partial charge in [0.1, 0.15) is 5.60 Å². The fraction of sp³-hybridized carbons (Fsp3) is 0.778. The monoisotopic (exact) mass is 215 g/mol. The molecular formula is C9H17N3O3. The van der Waals surface area contributed by atoms with Crippen LogP contribution in [0, 0.1) is 0 Å². The van der Waals surface area contributed by atoms with Gasteiger partial charge in [-0.05, 0) is 20.8 Å². The molecule has 2 N–H and O–H groups in total. The minimum Gasteiger partial charge on any atom is -0.443 e. The van der Waals surface area contributed by atoms with E-state index in [1.807, 2.05) is 0 Å². The van der Waals surface area contributed by atoms with Crippen LogP contribution in [0.4, 0.5) is 4.79 Å². The van der Waals surface area contributed by atoms with Crippen LogP contribution in [-0.2, 0) is 9.53 Å². The Balaban J connectivity index is 2.34. The first-order valence-electron chi connectivity index (χ1n) is 4.88. The van der Waals surface area contributed by atoms with E-state index in [-0.39, 0.29) is 12.5 Å². The summed E-state index contributed by atoms with van der Waals surface area (Å²) in [5, 5.41) is 4.20. The van der Waals surface area contributed by atoms with Crippen molar-refractivity contribution in [1.82, 2.24) is 15.8 Å². The zero-order valence-corrected chi connectivity index (χ0v) is 9.29. The van der Waals surface area contributed by atoms with E-state index < -0.39 is 11.7 Å². The average Bonchev–Trinajstić information content (AvgIpc) is 1.99. The summed E-state index contributed by atoms with van der Waals surface area (Å²) < 4.78 is 5.05. The lowest BCUT2D eigenvalue weighted by Gasteiger charge is -2.28. The highest BCUT2D eigenvalue weighted by Gasteiger charge is 2.21. The number of hydrogen-bond donors (Lipinski definition) is 2. The lowest BCUT2D eigenvalue weighted by atomic mass is 10.2. The first-order valence-corrected chi connectivity index (χ1v) is 4.88. The molecule has 0 radical (unpaired) electrons. The summed E-state index contributed by atoms with van der Waals surface area (Å²) in [5.41, 5.74) is 1.99. The van der Waals surface area contributed by atoms with Gasteiger partial charge in [0.05, 0.1) is 6.54 Å². The summed E-state index contributed by atoms with van der Waals surface area (Å²) in [6.07, 6.45) is -0.530. The number of rotatable bonds is 1. The second kappa shape index (κ2) is 4.48. The largest absolute Gasteiger partial charge is 0.443 e. The average molecular weight is 215 g/mol. The molecule has 1 rings (SSSR count). The molecule has 1 aliphatic heterocycles. The number of amides is 2. The first kappa shape index (κ1) is 11.8. The van der Waals surface area contributed by atoms with Crippen LogP contribution >= 0.6 is 0 Å². The van der Waals surface area contributed by atoms with Crippen LogP contribution in [0.5, 0.6) is 0 Å². The van der Waals surface area contributed by atoms with Crippen molar-refractivity contribution in [3.8, 4) is 0 Å². The predicted octanol–water partition coefficient (Wildman–Crippen LogP) is -0.142. The number of carbonyl (C=O) groups excluding carboxylic acids is 2. The number of nitrogens with one attached hydrogen (secondary N) is 2. The van der Waals surface area contributed by atoms with E-state index in [1.165, 1.54) is 5.01 Å². The number of nitrogens with zero attached hydrogens (tertiary/aromatic N) is 1. The van der Waals surface area contributed by atoms with Crippen molar-refractivity contribution in [2.75, 3.05) is 19.6 Å². The molecule has 0 aromatic heterocycles. The molecule has 1 aliphatic rings. The van der Waals surface area contributed by atoms with Gasteiger partial charge in [0.15, 0.2) is 0 Å².